The molecule has 5 nitrogen and oxygen atoms in total. The molecule has 5 heteroatoms. The van der Waals surface area contributed by atoms with E-state index in [4.69, 9.17) is 5.73 Å². The van der Waals surface area contributed by atoms with Crippen molar-refractivity contribution in [1.82, 2.24) is 10.3 Å². The van der Waals surface area contributed by atoms with Gasteiger partial charge in [0.15, 0.2) is 0 Å². The number of anilines is 2. The van der Waals surface area contributed by atoms with Gasteiger partial charge in [-0.3, -0.25) is 4.79 Å². The quantitative estimate of drug-likeness (QED) is 0.635. The molecule has 16 heavy (non-hydrogen) atoms. The Morgan fingerprint density at radius 3 is 3.00 bits per heavy atom. The zero-order chi connectivity index (χ0) is 11.4. The molecule has 1 aliphatic rings. The highest BCUT2D eigenvalue weighted by Crippen LogP contribution is 2.28. The van der Waals surface area contributed by atoms with E-state index in [9.17, 15) is 4.79 Å². The van der Waals surface area contributed by atoms with Crippen LogP contribution in [0.1, 0.15) is 12.8 Å². The number of nitrogen functional groups attached to an aromatic ring is 1. The van der Waals surface area contributed by atoms with E-state index in [1.807, 2.05) is 12.1 Å². The maximum atomic E-state index is 11.3. The van der Waals surface area contributed by atoms with Gasteiger partial charge in [0, 0.05) is 25.2 Å². The Bertz CT molecular complexity index is 376. The van der Waals surface area contributed by atoms with Crippen molar-refractivity contribution in [3.05, 3.63) is 18.3 Å². The highest BCUT2D eigenvalue weighted by molar-refractivity contribution is 5.80. The van der Waals surface area contributed by atoms with Crippen LogP contribution in [0.3, 0.4) is 0 Å². The number of hydrogen-bond acceptors (Lipinski definition) is 4. The lowest BCUT2D eigenvalue weighted by Gasteiger charge is -2.08. The predicted octanol–water partition coefficient (Wildman–Crippen LogP) is 0.602. The zero-order valence-corrected chi connectivity index (χ0v) is 9.07. The molecule has 1 aromatic heterocycles. The smallest absolute Gasteiger partial charge is 0.223 e. The topological polar surface area (TPSA) is 80.0 Å². The first-order valence-corrected chi connectivity index (χ1v) is 5.49. The zero-order valence-electron chi connectivity index (χ0n) is 9.07. The molecule has 2 rings (SSSR count). The van der Waals surface area contributed by atoms with Gasteiger partial charge in [-0.1, -0.05) is 0 Å². The van der Waals surface area contributed by atoms with Crippen LogP contribution in [0.2, 0.25) is 0 Å². The Morgan fingerprint density at radius 2 is 2.31 bits per heavy atom. The molecule has 1 saturated carbocycles. The van der Waals surface area contributed by atoms with Crippen molar-refractivity contribution in [3.63, 3.8) is 0 Å². The molecule has 0 saturated heterocycles. The van der Waals surface area contributed by atoms with Crippen molar-refractivity contribution in [1.29, 1.82) is 0 Å². The second kappa shape index (κ2) is 4.83. The standard InChI is InChI=1S/C11H16N4O/c12-10-9(2-1-5-14-10)13-6-7-15-11(16)8-3-4-8/h1-2,5,8,13H,3-4,6-7H2,(H2,12,14)(H,15,16). The number of rotatable bonds is 5. The number of nitrogens with two attached hydrogens (primary N) is 1. The molecule has 1 aliphatic carbocycles. The van der Waals surface area contributed by atoms with E-state index in [0.29, 0.717) is 18.9 Å². The number of carbonyl (C=O) groups excluding carboxylic acids is 1. The number of aromatic nitrogens is 1. The van der Waals surface area contributed by atoms with Crippen LogP contribution in [0.15, 0.2) is 18.3 Å². The van der Waals surface area contributed by atoms with E-state index in [0.717, 1.165) is 18.5 Å². The second-order valence-electron chi connectivity index (χ2n) is 3.93. The van der Waals surface area contributed by atoms with Crippen molar-refractivity contribution in [2.45, 2.75) is 12.8 Å². The monoisotopic (exact) mass is 220 g/mol. The van der Waals surface area contributed by atoms with Crippen molar-refractivity contribution in [2.24, 2.45) is 5.92 Å². The molecule has 1 heterocycles. The summed E-state index contributed by atoms with van der Waals surface area (Å²) in [6.45, 7) is 1.28. The molecule has 0 bridgehead atoms. The summed E-state index contributed by atoms with van der Waals surface area (Å²) < 4.78 is 0. The fraction of sp³-hybridized carbons (Fsp3) is 0.455. The Labute approximate surface area is 94.4 Å². The van der Waals surface area contributed by atoms with Crippen LogP contribution >= 0.6 is 0 Å². The minimum Gasteiger partial charge on any atom is -0.382 e. The largest absolute Gasteiger partial charge is 0.382 e. The van der Waals surface area contributed by atoms with Gasteiger partial charge >= 0.3 is 0 Å². The molecule has 0 aliphatic heterocycles. The van der Waals surface area contributed by atoms with E-state index in [2.05, 4.69) is 15.6 Å². The maximum absolute atomic E-state index is 11.3. The summed E-state index contributed by atoms with van der Waals surface area (Å²) in [5, 5.41) is 6.00. The third-order valence-electron chi connectivity index (χ3n) is 2.53. The lowest BCUT2D eigenvalue weighted by Crippen LogP contribution is -2.29. The van der Waals surface area contributed by atoms with E-state index >= 15 is 0 Å². The lowest BCUT2D eigenvalue weighted by molar-refractivity contribution is -0.122. The molecule has 86 valence electrons. The van der Waals surface area contributed by atoms with Crippen LogP contribution < -0.4 is 16.4 Å². The van der Waals surface area contributed by atoms with Crippen molar-refractivity contribution in [3.8, 4) is 0 Å². The van der Waals surface area contributed by atoms with Gasteiger partial charge in [-0.2, -0.15) is 0 Å². The van der Waals surface area contributed by atoms with Gasteiger partial charge in [0.2, 0.25) is 5.91 Å². The summed E-state index contributed by atoms with van der Waals surface area (Å²) in [6.07, 6.45) is 3.72. The van der Waals surface area contributed by atoms with Gasteiger partial charge in [-0.05, 0) is 25.0 Å². The minimum absolute atomic E-state index is 0.168. The first-order valence-electron chi connectivity index (χ1n) is 5.49. The van der Waals surface area contributed by atoms with Crippen LogP contribution in [-0.4, -0.2) is 24.0 Å². The van der Waals surface area contributed by atoms with Gasteiger partial charge in [0.25, 0.3) is 0 Å². The fourth-order valence-electron chi connectivity index (χ4n) is 1.44. The number of nitrogens with zero attached hydrogens (tertiary/aromatic N) is 1. The number of nitrogens with one attached hydrogen (secondary N) is 2. The van der Waals surface area contributed by atoms with Gasteiger partial charge < -0.3 is 16.4 Å². The first-order chi connectivity index (χ1) is 7.77. The highest BCUT2D eigenvalue weighted by atomic mass is 16.2. The molecule has 0 aromatic carbocycles. The number of hydrogen-bond donors (Lipinski definition) is 3. The molecule has 0 spiro atoms. The minimum atomic E-state index is 0.168. The average molecular weight is 220 g/mol. The predicted molar refractivity (Wildman–Crippen MR) is 62.9 cm³/mol. The number of amides is 1. The Balaban J connectivity index is 1.67. The molecule has 0 unspecified atom stereocenters. The lowest BCUT2D eigenvalue weighted by atomic mass is 10.3. The van der Waals surface area contributed by atoms with Crippen molar-refractivity contribution in [2.75, 3.05) is 24.1 Å². The van der Waals surface area contributed by atoms with Crippen molar-refractivity contribution < 1.29 is 4.79 Å². The number of pyridine rings is 1. The molecule has 1 aromatic rings. The van der Waals surface area contributed by atoms with Gasteiger partial charge in [-0.25, -0.2) is 4.98 Å². The van der Waals surface area contributed by atoms with E-state index in [1.54, 1.807) is 6.20 Å². The molecule has 4 N–H and O–H groups in total. The summed E-state index contributed by atoms with van der Waals surface area (Å²) >= 11 is 0. The van der Waals surface area contributed by atoms with Gasteiger partial charge in [0.1, 0.15) is 5.82 Å². The second-order valence-corrected chi connectivity index (χ2v) is 3.93. The summed E-state index contributed by atoms with van der Waals surface area (Å²) in [5.74, 6) is 0.917. The van der Waals surface area contributed by atoms with Crippen LogP contribution in [0.4, 0.5) is 11.5 Å². The van der Waals surface area contributed by atoms with Gasteiger partial charge in [0.05, 0.1) is 5.69 Å². The van der Waals surface area contributed by atoms with E-state index in [-0.39, 0.29) is 11.8 Å². The molecule has 0 radical (unpaired) electrons. The first kappa shape index (κ1) is 10.7. The normalized spacial score (nSPS) is 14.5. The maximum Gasteiger partial charge on any atom is 0.223 e. The molecule has 0 atom stereocenters. The number of carbonyl (C=O) groups is 1. The summed E-state index contributed by atoms with van der Waals surface area (Å²) in [5.41, 5.74) is 6.47. The van der Waals surface area contributed by atoms with Crippen LogP contribution in [-0.2, 0) is 4.79 Å². The fourth-order valence-corrected chi connectivity index (χ4v) is 1.44. The Morgan fingerprint density at radius 1 is 1.50 bits per heavy atom. The highest BCUT2D eigenvalue weighted by Gasteiger charge is 2.28. The summed E-state index contributed by atoms with van der Waals surface area (Å²) in [6, 6.07) is 3.69. The van der Waals surface area contributed by atoms with E-state index < -0.39 is 0 Å². The third-order valence-corrected chi connectivity index (χ3v) is 2.53. The average Bonchev–Trinajstić information content (AvgIpc) is 3.10. The molecular formula is C11H16N4O. The Hall–Kier alpha value is -1.78. The summed E-state index contributed by atoms with van der Waals surface area (Å²) in [7, 11) is 0. The van der Waals surface area contributed by atoms with E-state index in [1.165, 1.54) is 0 Å². The van der Waals surface area contributed by atoms with Crippen LogP contribution in [0.5, 0.6) is 0 Å². The third kappa shape index (κ3) is 2.85. The van der Waals surface area contributed by atoms with Gasteiger partial charge in [-0.15, -0.1) is 0 Å². The summed E-state index contributed by atoms with van der Waals surface area (Å²) in [4.78, 5) is 15.3. The molecular weight excluding hydrogens is 204 g/mol. The molecule has 1 amide bonds. The van der Waals surface area contributed by atoms with Crippen molar-refractivity contribution >= 4 is 17.4 Å². The molecule has 1 fully saturated rings. The SMILES string of the molecule is Nc1ncccc1NCCNC(=O)C1CC1. The van der Waals surface area contributed by atoms with Crippen LogP contribution in [0.25, 0.3) is 0 Å². The van der Waals surface area contributed by atoms with Crippen LogP contribution in [0, 0.1) is 5.92 Å². The Kier molecular flexibility index (Phi) is 3.24.